The summed E-state index contributed by atoms with van der Waals surface area (Å²) in [6.45, 7) is 3.50. The summed E-state index contributed by atoms with van der Waals surface area (Å²) in [5, 5.41) is 1.91. The minimum absolute atomic E-state index is 0.0333. The summed E-state index contributed by atoms with van der Waals surface area (Å²) in [6.07, 6.45) is -2.52. The first-order valence-electron chi connectivity index (χ1n) is 10.9. The van der Waals surface area contributed by atoms with Crippen LogP contribution in [0.1, 0.15) is 42.6 Å². The first-order valence-corrected chi connectivity index (χ1v) is 10.9. The van der Waals surface area contributed by atoms with Crippen LogP contribution in [-0.4, -0.2) is 45.7 Å². The van der Waals surface area contributed by atoms with Crippen LogP contribution in [0.25, 0.3) is 0 Å². The fourth-order valence-electron chi connectivity index (χ4n) is 4.69. The third kappa shape index (κ3) is 3.99. The number of nitrogens with one attached hydrogen (secondary N) is 1. The summed E-state index contributed by atoms with van der Waals surface area (Å²) < 4.78 is 44.3. The second-order valence-electron chi connectivity index (χ2n) is 9.40. The molecule has 9 heteroatoms. The van der Waals surface area contributed by atoms with Crippen molar-refractivity contribution in [2.75, 3.05) is 6.54 Å². The van der Waals surface area contributed by atoms with Crippen molar-refractivity contribution in [3.63, 3.8) is 0 Å². The lowest BCUT2D eigenvalue weighted by molar-refractivity contribution is -0.190. The zero-order valence-electron chi connectivity index (χ0n) is 18.8. The fourth-order valence-corrected chi connectivity index (χ4v) is 4.69. The second kappa shape index (κ2) is 8.38. The predicted octanol–water partition coefficient (Wildman–Crippen LogP) is 3.84. The molecule has 2 amide bonds. The van der Waals surface area contributed by atoms with E-state index in [1.807, 2.05) is 23.5 Å². The molecule has 0 bridgehead atoms. The van der Waals surface area contributed by atoms with E-state index >= 15 is 0 Å². The number of carbonyl (C=O) groups excluding carboxylic acids is 3. The van der Waals surface area contributed by atoms with Crippen molar-refractivity contribution in [2.45, 2.75) is 44.8 Å². The second-order valence-corrected chi connectivity index (χ2v) is 9.40. The van der Waals surface area contributed by atoms with Gasteiger partial charge in [0.15, 0.2) is 5.78 Å². The van der Waals surface area contributed by atoms with Gasteiger partial charge in [0.2, 0.25) is 5.54 Å². The smallest absolute Gasteiger partial charge is 0.326 e. The number of nitrogens with zero attached hydrogens (tertiary/aromatic N) is 2. The maximum Gasteiger partial charge on any atom is 0.425 e. The van der Waals surface area contributed by atoms with Crippen molar-refractivity contribution >= 4 is 17.6 Å². The van der Waals surface area contributed by atoms with Crippen LogP contribution in [0.5, 0.6) is 0 Å². The number of benzene rings is 1. The van der Waals surface area contributed by atoms with Crippen LogP contribution in [0.2, 0.25) is 0 Å². The normalized spacial score (nSPS) is 22.1. The van der Waals surface area contributed by atoms with E-state index in [0.717, 1.165) is 16.7 Å². The van der Waals surface area contributed by atoms with Crippen LogP contribution in [-0.2, 0) is 16.0 Å². The average molecular weight is 471 g/mol. The molecule has 2 aromatic rings. The van der Waals surface area contributed by atoms with Gasteiger partial charge in [0.05, 0.1) is 11.1 Å². The van der Waals surface area contributed by atoms with Crippen molar-refractivity contribution in [2.24, 2.45) is 5.41 Å². The molecule has 0 radical (unpaired) electrons. The molecule has 4 rings (SSSR count). The van der Waals surface area contributed by atoms with Gasteiger partial charge in [-0.05, 0) is 36.0 Å². The number of rotatable bonds is 5. The summed E-state index contributed by atoms with van der Waals surface area (Å²) >= 11 is 0. The molecule has 1 N–H and O–H groups in total. The molecule has 0 saturated heterocycles. The van der Waals surface area contributed by atoms with Gasteiger partial charge in [-0.3, -0.25) is 19.4 Å². The van der Waals surface area contributed by atoms with Gasteiger partial charge < -0.3 is 10.2 Å². The first-order chi connectivity index (χ1) is 16.0. The molecule has 2 aliphatic rings. The Labute approximate surface area is 194 Å². The highest BCUT2D eigenvalue weighted by molar-refractivity contribution is 6.14. The Bertz CT molecular complexity index is 1160. The number of carbonyl (C=O) groups is 3. The average Bonchev–Trinajstić information content (AvgIpc) is 3.00. The molecule has 0 spiro atoms. The summed E-state index contributed by atoms with van der Waals surface area (Å²) in [5.74, 6) is -3.27. The maximum atomic E-state index is 14.8. The number of hydrogen-bond acceptors (Lipinski definition) is 4. The molecule has 1 aromatic carbocycles. The lowest BCUT2D eigenvalue weighted by atomic mass is 9.72. The summed E-state index contributed by atoms with van der Waals surface area (Å²) in [6, 6.07) is 11.7. The lowest BCUT2D eigenvalue weighted by Crippen LogP contribution is -2.66. The van der Waals surface area contributed by atoms with Gasteiger partial charge >= 0.3 is 6.18 Å². The summed E-state index contributed by atoms with van der Waals surface area (Å²) in [5.41, 5.74) is -4.02. The fraction of sp³-hybridized carbons (Fsp3) is 0.360. The molecule has 1 atom stereocenters. The number of allylic oxidation sites excluding steroid dienone is 1. The Hall–Kier alpha value is -3.49. The van der Waals surface area contributed by atoms with Gasteiger partial charge in [0.1, 0.15) is 0 Å². The van der Waals surface area contributed by atoms with E-state index in [-0.39, 0.29) is 30.6 Å². The molecule has 178 valence electrons. The number of pyridine rings is 1. The van der Waals surface area contributed by atoms with Crippen molar-refractivity contribution < 1.29 is 27.6 Å². The molecule has 6 nitrogen and oxygen atoms in total. The van der Waals surface area contributed by atoms with Gasteiger partial charge in [-0.15, -0.1) is 0 Å². The molecule has 34 heavy (non-hydrogen) atoms. The number of ketones is 1. The van der Waals surface area contributed by atoms with Gasteiger partial charge in [0, 0.05) is 31.1 Å². The monoisotopic (exact) mass is 471 g/mol. The van der Waals surface area contributed by atoms with Crippen LogP contribution < -0.4 is 5.32 Å². The molecule has 0 fully saturated rings. The van der Waals surface area contributed by atoms with Crippen molar-refractivity contribution in [3.8, 4) is 0 Å². The Balaban J connectivity index is 1.81. The van der Waals surface area contributed by atoms with Gasteiger partial charge in [0.25, 0.3) is 11.8 Å². The molecular formula is C25H24F3N3O3. The Kier molecular flexibility index (Phi) is 5.83. The zero-order chi connectivity index (χ0) is 24.7. The quantitative estimate of drug-likeness (QED) is 0.719. The number of hydrogen-bond donors (Lipinski definition) is 1. The lowest BCUT2D eigenvalue weighted by Gasteiger charge is -2.35. The van der Waals surface area contributed by atoms with E-state index in [2.05, 4.69) is 4.98 Å². The SMILES string of the molecule is CC1(C)CC(=O)C2=C(C1)N(CCc1ccccc1)C(=O)[C@]2(NC(=O)c1cccnc1)C(F)(F)F. The third-order valence-electron chi connectivity index (χ3n) is 6.24. The van der Waals surface area contributed by atoms with Crippen molar-refractivity contribution in [1.29, 1.82) is 0 Å². The molecular weight excluding hydrogens is 447 g/mol. The van der Waals surface area contributed by atoms with E-state index in [1.54, 1.807) is 26.0 Å². The van der Waals surface area contributed by atoms with Crippen LogP contribution in [0.15, 0.2) is 66.1 Å². The van der Waals surface area contributed by atoms with Gasteiger partial charge in [-0.25, -0.2) is 0 Å². The highest BCUT2D eigenvalue weighted by Crippen LogP contribution is 2.51. The largest absolute Gasteiger partial charge is 0.425 e. The Morgan fingerprint density at radius 3 is 2.41 bits per heavy atom. The van der Waals surface area contributed by atoms with E-state index in [1.165, 1.54) is 18.3 Å². The first kappa shape index (κ1) is 23.7. The van der Waals surface area contributed by atoms with Gasteiger partial charge in [-0.1, -0.05) is 44.2 Å². The molecule has 1 aliphatic heterocycles. The van der Waals surface area contributed by atoms with Crippen LogP contribution in [0.4, 0.5) is 13.2 Å². The standard InChI is InChI=1S/C25H24F3N3O3/c1-23(2)13-18-20(19(32)14-23)24(25(26,27)28,30-21(33)17-9-6-11-29-15-17)22(34)31(18)12-10-16-7-4-3-5-8-16/h3-9,11,15H,10,12-14H2,1-2H3,(H,30,33)/t24-/m0/s1. The van der Waals surface area contributed by atoms with Crippen LogP contribution >= 0.6 is 0 Å². The number of halogens is 3. The predicted molar refractivity (Wildman–Crippen MR) is 117 cm³/mol. The van der Waals surface area contributed by atoms with E-state index in [4.69, 9.17) is 0 Å². The Morgan fingerprint density at radius 1 is 1.09 bits per heavy atom. The zero-order valence-corrected chi connectivity index (χ0v) is 18.8. The number of aromatic nitrogens is 1. The van der Waals surface area contributed by atoms with Gasteiger partial charge in [-0.2, -0.15) is 13.2 Å². The van der Waals surface area contributed by atoms with E-state index in [9.17, 15) is 27.6 Å². The molecule has 1 aliphatic carbocycles. The molecule has 1 aromatic heterocycles. The third-order valence-corrected chi connectivity index (χ3v) is 6.24. The topological polar surface area (TPSA) is 79.4 Å². The highest BCUT2D eigenvalue weighted by Gasteiger charge is 2.71. The Morgan fingerprint density at radius 2 is 1.79 bits per heavy atom. The molecule has 2 heterocycles. The summed E-state index contributed by atoms with van der Waals surface area (Å²) in [7, 11) is 0. The maximum absolute atomic E-state index is 14.8. The molecule has 0 unspecified atom stereocenters. The molecule has 0 saturated carbocycles. The summed E-state index contributed by atoms with van der Waals surface area (Å²) in [4.78, 5) is 44.3. The number of alkyl halides is 3. The number of Topliss-reactive ketones (excluding diaryl/α,β-unsaturated/α-hetero) is 1. The number of amides is 2. The minimum atomic E-state index is -5.23. The van der Waals surface area contributed by atoms with E-state index < -0.39 is 40.3 Å². The van der Waals surface area contributed by atoms with Crippen LogP contribution in [0, 0.1) is 5.41 Å². The minimum Gasteiger partial charge on any atom is -0.326 e. The van der Waals surface area contributed by atoms with Crippen molar-refractivity contribution in [3.05, 3.63) is 77.3 Å². The highest BCUT2D eigenvalue weighted by atomic mass is 19.4. The van der Waals surface area contributed by atoms with Crippen molar-refractivity contribution in [1.82, 2.24) is 15.2 Å². The van der Waals surface area contributed by atoms with E-state index in [0.29, 0.717) is 6.42 Å². The van der Waals surface area contributed by atoms with Crippen LogP contribution in [0.3, 0.4) is 0 Å².